The van der Waals surface area contributed by atoms with Gasteiger partial charge in [0, 0.05) is 14.1 Å². The molecule has 2 N–H and O–H groups in total. The first kappa shape index (κ1) is 14.6. The van der Waals surface area contributed by atoms with Crippen LogP contribution in [0, 0.1) is 0 Å². The molecule has 0 saturated carbocycles. The first-order chi connectivity index (χ1) is 6.54. The van der Waals surface area contributed by atoms with E-state index in [1.807, 2.05) is 0 Å². The fraction of sp³-hybridized carbons (Fsp3) is 1.00. The lowest BCUT2D eigenvalue weighted by Crippen LogP contribution is -2.47. The maximum absolute atomic E-state index is 11.6. The van der Waals surface area contributed by atoms with Crippen molar-refractivity contribution in [2.45, 2.75) is 6.36 Å². The first-order valence-corrected chi connectivity index (χ1v) is 5.23. The molecule has 0 aliphatic carbocycles. The number of alkyl halides is 3. The van der Waals surface area contributed by atoms with Gasteiger partial charge in [-0.1, -0.05) is 0 Å². The average molecular weight is 251 g/mol. The molecule has 0 amide bonds. The number of halogens is 3. The molecule has 92 valence electrons. The molecule has 0 unspecified atom stereocenters. The van der Waals surface area contributed by atoms with Gasteiger partial charge in [0.2, 0.25) is 0 Å². The van der Waals surface area contributed by atoms with E-state index in [4.69, 9.17) is 5.14 Å². The summed E-state index contributed by atoms with van der Waals surface area (Å²) in [5.74, 6) is 0. The maximum atomic E-state index is 11.6. The van der Waals surface area contributed by atoms with Crippen LogP contribution in [-0.4, -0.2) is 51.5 Å². The molecule has 6 nitrogen and oxygen atoms in total. The van der Waals surface area contributed by atoms with Crippen LogP contribution in [0.3, 0.4) is 0 Å². The van der Waals surface area contributed by atoms with Gasteiger partial charge in [-0.15, -0.1) is 17.6 Å². The normalized spacial score (nSPS) is 13.9. The van der Waals surface area contributed by atoms with Gasteiger partial charge < -0.3 is 0 Å². The number of nitrogens with zero attached hydrogens (tertiary/aromatic N) is 2. The van der Waals surface area contributed by atoms with E-state index >= 15 is 0 Å². The van der Waals surface area contributed by atoms with Crippen molar-refractivity contribution in [2.75, 3.05) is 27.2 Å². The minimum absolute atomic E-state index is 0.509. The van der Waals surface area contributed by atoms with E-state index in [-0.39, 0.29) is 0 Å². The molecule has 0 bridgehead atoms. The van der Waals surface area contributed by atoms with E-state index in [0.29, 0.717) is 4.41 Å². The number of rotatable bonds is 5. The molecule has 0 atom stereocenters. The van der Waals surface area contributed by atoms with Crippen LogP contribution in [-0.2, 0) is 14.9 Å². The summed E-state index contributed by atoms with van der Waals surface area (Å²) in [6.07, 6.45) is -4.78. The van der Waals surface area contributed by atoms with Crippen molar-refractivity contribution in [1.29, 1.82) is 0 Å². The van der Waals surface area contributed by atoms with Gasteiger partial charge in [-0.3, -0.25) is 4.74 Å². The van der Waals surface area contributed by atoms with Crippen LogP contribution in [0.5, 0.6) is 0 Å². The van der Waals surface area contributed by atoms with E-state index < -0.39 is 29.7 Å². The SMILES string of the molecule is CN(C)N(CCOC(F)(F)F)S(N)(=O)=O. The van der Waals surface area contributed by atoms with E-state index in [1.54, 1.807) is 0 Å². The standard InChI is InChI=1S/C5H12F3N3O3S/c1-10(2)11(15(9,12)13)3-4-14-5(6,7)8/h3-4H2,1-2H3,(H2,9,12,13). The smallest absolute Gasteiger partial charge is 0.290 e. The molecule has 0 aliphatic heterocycles. The van der Waals surface area contributed by atoms with Gasteiger partial charge in [0.15, 0.2) is 0 Å². The molecule has 0 aromatic heterocycles. The Balaban J connectivity index is 4.23. The van der Waals surface area contributed by atoms with Crippen LogP contribution >= 0.6 is 0 Å². The number of hydrazine groups is 1. The van der Waals surface area contributed by atoms with Gasteiger partial charge in [-0.05, 0) is 0 Å². The Morgan fingerprint density at radius 3 is 2.07 bits per heavy atom. The topological polar surface area (TPSA) is 75.9 Å². The van der Waals surface area contributed by atoms with Crippen molar-refractivity contribution in [2.24, 2.45) is 5.14 Å². The summed E-state index contributed by atoms with van der Waals surface area (Å²) in [4.78, 5) is 0. The van der Waals surface area contributed by atoms with Crippen LogP contribution < -0.4 is 5.14 Å². The van der Waals surface area contributed by atoms with Crippen LogP contribution in [0.15, 0.2) is 0 Å². The fourth-order valence-corrected chi connectivity index (χ4v) is 1.58. The Kier molecular flexibility index (Phi) is 4.93. The number of ether oxygens (including phenoxy) is 1. The highest BCUT2D eigenvalue weighted by Gasteiger charge is 2.30. The molecule has 10 heteroatoms. The first-order valence-electron chi connectivity index (χ1n) is 3.72. The highest BCUT2D eigenvalue weighted by Crippen LogP contribution is 2.15. The van der Waals surface area contributed by atoms with Crippen LogP contribution in [0.25, 0.3) is 0 Å². The molecule has 0 aromatic carbocycles. The Hall–Kier alpha value is -0.420. The highest BCUT2D eigenvalue weighted by molar-refractivity contribution is 7.86. The molecule has 0 aromatic rings. The zero-order chi connectivity index (χ0) is 12.3. The Morgan fingerprint density at radius 1 is 1.33 bits per heavy atom. The van der Waals surface area contributed by atoms with Crippen molar-refractivity contribution >= 4 is 10.2 Å². The summed E-state index contributed by atoms with van der Waals surface area (Å²) in [5.41, 5.74) is 0. The van der Waals surface area contributed by atoms with Crippen molar-refractivity contribution in [1.82, 2.24) is 9.42 Å². The molecule has 0 spiro atoms. The summed E-state index contributed by atoms with van der Waals surface area (Å²) in [6, 6.07) is 0. The molecule has 0 radical (unpaired) electrons. The van der Waals surface area contributed by atoms with Crippen molar-refractivity contribution in [3.05, 3.63) is 0 Å². The molecule has 0 heterocycles. The lowest BCUT2D eigenvalue weighted by Gasteiger charge is -2.25. The molecule has 0 fully saturated rings. The molecule has 0 aliphatic rings. The highest BCUT2D eigenvalue weighted by atomic mass is 32.2. The van der Waals surface area contributed by atoms with Gasteiger partial charge in [-0.2, -0.15) is 8.42 Å². The Bertz CT molecular complexity index is 290. The lowest BCUT2D eigenvalue weighted by molar-refractivity contribution is -0.325. The zero-order valence-corrected chi connectivity index (χ0v) is 8.97. The van der Waals surface area contributed by atoms with Crippen molar-refractivity contribution in [3.63, 3.8) is 0 Å². The Morgan fingerprint density at radius 2 is 1.80 bits per heavy atom. The van der Waals surface area contributed by atoms with Gasteiger partial charge in [0.1, 0.15) is 0 Å². The minimum Gasteiger partial charge on any atom is -0.290 e. The molecule has 0 rings (SSSR count). The van der Waals surface area contributed by atoms with Gasteiger partial charge in [-0.25, -0.2) is 10.1 Å². The molecular formula is C5H12F3N3O3S. The second-order valence-corrected chi connectivity index (χ2v) is 4.18. The van der Waals surface area contributed by atoms with E-state index in [2.05, 4.69) is 4.74 Å². The monoisotopic (exact) mass is 251 g/mol. The molecule has 0 saturated heterocycles. The number of hydrogen-bond acceptors (Lipinski definition) is 4. The third-order valence-corrected chi connectivity index (χ3v) is 2.38. The maximum Gasteiger partial charge on any atom is 0.522 e. The number of nitrogens with two attached hydrogens (primary N) is 1. The summed E-state index contributed by atoms with van der Waals surface area (Å²) in [6.45, 7) is -1.33. The largest absolute Gasteiger partial charge is 0.522 e. The second-order valence-electron chi connectivity index (χ2n) is 2.73. The van der Waals surface area contributed by atoms with Crippen molar-refractivity contribution in [3.8, 4) is 0 Å². The third-order valence-electron chi connectivity index (χ3n) is 1.29. The van der Waals surface area contributed by atoms with Gasteiger partial charge in [0.25, 0.3) is 10.2 Å². The summed E-state index contributed by atoms with van der Waals surface area (Å²) in [7, 11) is -1.41. The summed E-state index contributed by atoms with van der Waals surface area (Å²) >= 11 is 0. The van der Waals surface area contributed by atoms with Crippen LogP contribution in [0.1, 0.15) is 0 Å². The quantitative estimate of drug-likeness (QED) is 0.669. The summed E-state index contributed by atoms with van der Waals surface area (Å²) in [5, 5.41) is 5.80. The molecular weight excluding hydrogens is 239 g/mol. The minimum atomic E-state index is -4.78. The van der Waals surface area contributed by atoms with E-state index in [0.717, 1.165) is 5.01 Å². The van der Waals surface area contributed by atoms with Crippen LogP contribution in [0.4, 0.5) is 13.2 Å². The van der Waals surface area contributed by atoms with Crippen LogP contribution in [0.2, 0.25) is 0 Å². The van der Waals surface area contributed by atoms with E-state index in [1.165, 1.54) is 14.1 Å². The summed E-state index contributed by atoms with van der Waals surface area (Å²) < 4.78 is 60.4. The molecule has 15 heavy (non-hydrogen) atoms. The predicted molar refractivity (Wildman–Crippen MR) is 45.5 cm³/mol. The number of hydrogen-bond donors (Lipinski definition) is 1. The van der Waals surface area contributed by atoms with E-state index in [9.17, 15) is 21.6 Å². The average Bonchev–Trinajstić information content (AvgIpc) is 1.92. The Labute approximate surface area is 85.5 Å². The zero-order valence-electron chi connectivity index (χ0n) is 8.15. The second kappa shape index (κ2) is 5.07. The fourth-order valence-electron chi connectivity index (χ4n) is 0.794. The van der Waals surface area contributed by atoms with Crippen molar-refractivity contribution < 1.29 is 26.3 Å². The lowest BCUT2D eigenvalue weighted by atomic mass is 10.7. The van der Waals surface area contributed by atoms with Gasteiger partial charge in [0.05, 0.1) is 13.2 Å². The predicted octanol–water partition coefficient (Wildman–Crippen LogP) is -0.495. The van der Waals surface area contributed by atoms with Gasteiger partial charge >= 0.3 is 6.36 Å². The third kappa shape index (κ3) is 6.62.